The minimum atomic E-state index is -0.356. The SMILES string of the molecule is CCOc1c(Cl)cccc1NC(=O)Cc1ccc(NC(=O)c2ccc(Br)o2)cc1. The summed E-state index contributed by atoms with van der Waals surface area (Å²) in [4.78, 5) is 24.5. The van der Waals surface area contributed by atoms with Crippen molar-refractivity contribution in [1.29, 1.82) is 0 Å². The standard InChI is InChI=1S/C21H18BrClN2O4/c1-2-28-20-15(23)4-3-5-16(20)25-19(26)12-13-6-8-14(9-7-13)24-21(27)17-10-11-18(22)29-17/h3-11H,2,12H2,1H3,(H,24,27)(H,25,26). The second-order valence-electron chi connectivity index (χ2n) is 6.03. The lowest BCUT2D eigenvalue weighted by Gasteiger charge is -2.13. The average Bonchev–Trinajstić information content (AvgIpc) is 3.13. The number of carbonyl (C=O) groups excluding carboxylic acids is 2. The number of rotatable bonds is 7. The number of anilines is 2. The summed E-state index contributed by atoms with van der Waals surface area (Å²) in [6, 6.07) is 15.4. The molecule has 2 N–H and O–H groups in total. The largest absolute Gasteiger partial charge is 0.490 e. The van der Waals surface area contributed by atoms with Crippen LogP contribution >= 0.6 is 27.5 Å². The number of halogens is 2. The highest BCUT2D eigenvalue weighted by molar-refractivity contribution is 9.10. The molecule has 8 heteroatoms. The molecule has 150 valence electrons. The smallest absolute Gasteiger partial charge is 0.291 e. The van der Waals surface area contributed by atoms with Gasteiger partial charge in [0.15, 0.2) is 16.2 Å². The first-order valence-corrected chi connectivity index (χ1v) is 10.00. The molecule has 0 radical (unpaired) electrons. The molecule has 1 heterocycles. The minimum Gasteiger partial charge on any atom is -0.490 e. The third-order valence-electron chi connectivity index (χ3n) is 3.90. The van der Waals surface area contributed by atoms with E-state index in [0.29, 0.717) is 33.4 Å². The number of benzene rings is 2. The van der Waals surface area contributed by atoms with Gasteiger partial charge in [-0.2, -0.15) is 0 Å². The summed E-state index contributed by atoms with van der Waals surface area (Å²) in [6.07, 6.45) is 0.164. The maximum absolute atomic E-state index is 12.4. The fourth-order valence-electron chi connectivity index (χ4n) is 2.61. The normalized spacial score (nSPS) is 10.4. The Morgan fingerprint density at radius 3 is 2.48 bits per heavy atom. The molecule has 2 aromatic carbocycles. The summed E-state index contributed by atoms with van der Waals surface area (Å²) >= 11 is 9.30. The fourth-order valence-corrected chi connectivity index (χ4v) is 3.15. The van der Waals surface area contributed by atoms with Crippen LogP contribution in [0.15, 0.2) is 63.7 Å². The lowest BCUT2D eigenvalue weighted by molar-refractivity contribution is -0.115. The molecule has 0 spiro atoms. The lowest BCUT2D eigenvalue weighted by Crippen LogP contribution is -2.15. The summed E-state index contributed by atoms with van der Waals surface area (Å²) in [7, 11) is 0. The van der Waals surface area contributed by atoms with Gasteiger partial charge in [-0.05, 0) is 64.8 Å². The van der Waals surface area contributed by atoms with Gasteiger partial charge in [-0.1, -0.05) is 29.8 Å². The van der Waals surface area contributed by atoms with Crippen LogP contribution in [0, 0.1) is 0 Å². The molecule has 0 aliphatic rings. The molecule has 0 atom stereocenters. The van der Waals surface area contributed by atoms with Crippen molar-refractivity contribution in [2.75, 3.05) is 17.2 Å². The monoisotopic (exact) mass is 476 g/mol. The molecule has 0 saturated heterocycles. The van der Waals surface area contributed by atoms with Gasteiger partial charge >= 0.3 is 0 Å². The van der Waals surface area contributed by atoms with Crippen molar-refractivity contribution in [2.24, 2.45) is 0 Å². The van der Waals surface area contributed by atoms with E-state index in [-0.39, 0.29) is 24.0 Å². The second kappa shape index (κ2) is 9.62. The van der Waals surface area contributed by atoms with Gasteiger partial charge in [-0.3, -0.25) is 9.59 Å². The predicted octanol–water partition coefficient (Wildman–Crippen LogP) is 5.53. The van der Waals surface area contributed by atoms with Gasteiger partial charge in [0.2, 0.25) is 5.91 Å². The third-order valence-corrected chi connectivity index (χ3v) is 4.63. The Bertz CT molecular complexity index is 1020. The quantitative estimate of drug-likeness (QED) is 0.469. The van der Waals surface area contributed by atoms with E-state index < -0.39 is 0 Å². The van der Waals surface area contributed by atoms with Crippen LogP contribution in [0.5, 0.6) is 5.75 Å². The first-order valence-electron chi connectivity index (χ1n) is 8.83. The Morgan fingerprint density at radius 1 is 1.07 bits per heavy atom. The number of hydrogen-bond donors (Lipinski definition) is 2. The molecular formula is C21H18BrClN2O4. The Kier molecular flexibility index (Phi) is 6.95. The van der Waals surface area contributed by atoms with Crippen LogP contribution in [0.4, 0.5) is 11.4 Å². The van der Waals surface area contributed by atoms with E-state index in [0.717, 1.165) is 5.56 Å². The van der Waals surface area contributed by atoms with E-state index in [4.69, 9.17) is 20.8 Å². The van der Waals surface area contributed by atoms with Crippen LogP contribution in [0.1, 0.15) is 23.0 Å². The number of hydrogen-bond acceptors (Lipinski definition) is 4. The number of para-hydroxylation sites is 1. The summed E-state index contributed by atoms with van der Waals surface area (Å²) in [5, 5.41) is 5.99. The number of furan rings is 1. The van der Waals surface area contributed by atoms with Crippen LogP contribution in [0.25, 0.3) is 0 Å². The lowest BCUT2D eigenvalue weighted by atomic mass is 10.1. The predicted molar refractivity (Wildman–Crippen MR) is 116 cm³/mol. The molecule has 0 aliphatic heterocycles. The van der Waals surface area contributed by atoms with Gasteiger partial charge < -0.3 is 19.8 Å². The zero-order valence-electron chi connectivity index (χ0n) is 15.5. The molecule has 3 rings (SSSR count). The van der Waals surface area contributed by atoms with E-state index in [1.165, 1.54) is 0 Å². The summed E-state index contributed by atoms with van der Waals surface area (Å²) < 4.78 is 11.2. The average molecular weight is 478 g/mol. The molecule has 0 unspecified atom stereocenters. The van der Waals surface area contributed by atoms with Crippen molar-refractivity contribution in [1.82, 2.24) is 0 Å². The Hall–Kier alpha value is -2.77. The van der Waals surface area contributed by atoms with E-state index in [9.17, 15) is 9.59 Å². The molecule has 0 aliphatic carbocycles. The highest BCUT2D eigenvalue weighted by atomic mass is 79.9. The number of amides is 2. The highest BCUT2D eigenvalue weighted by Crippen LogP contribution is 2.33. The van der Waals surface area contributed by atoms with Crippen LogP contribution in [-0.4, -0.2) is 18.4 Å². The molecule has 1 aromatic heterocycles. The van der Waals surface area contributed by atoms with Crippen molar-refractivity contribution >= 4 is 50.7 Å². The first kappa shape index (κ1) is 21.0. The van der Waals surface area contributed by atoms with Gasteiger partial charge in [-0.15, -0.1) is 0 Å². The van der Waals surface area contributed by atoms with E-state index in [1.54, 1.807) is 54.6 Å². The van der Waals surface area contributed by atoms with Crippen molar-refractivity contribution in [3.8, 4) is 5.75 Å². The highest BCUT2D eigenvalue weighted by Gasteiger charge is 2.13. The molecule has 0 saturated carbocycles. The van der Waals surface area contributed by atoms with Crippen molar-refractivity contribution in [2.45, 2.75) is 13.3 Å². The molecular weight excluding hydrogens is 460 g/mol. The minimum absolute atomic E-state index is 0.164. The maximum atomic E-state index is 12.4. The van der Waals surface area contributed by atoms with Gasteiger partial charge in [-0.25, -0.2) is 0 Å². The van der Waals surface area contributed by atoms with Gasteiger partial charge in [0.05, 0.1) is 23.7 Å². The Balaban J connectivity index is 1.60. The Labute approximate surface area is 181 Å². The van der Waals surface area contributed by atoms with Gasteiger partial charge in [0.1, 0.15) is 0 Å². The fraction of sp³-hybridized carbons (Fsp3) is 0.143. The van der Waals surface area contributed by atoms with Crippen molar-refractivity contribution < 1.29 is 18.7 Å². The van der Waals surface area contributed by atoms with Crippen molar-refractivity contribution in [3.63, 3.8) is 0 Å². The van der Waals surface area contributed by atoms with E-state index in [1.807, 2.05) is 6.92 Å². The zero-order chi connectivity index (χ0) is 20.8. The summed E-state index contributed by atoms with van der Waals surface area (Å²) in [5.74, 6) is 0.0932. The zero-order valence-corrected chi connectivity index (χ0v) is 17.8. The molecule has 6 nitrogen and oxygen atoms in total. The first-order chi connectivity index (χ1) is 14.0. The van der Waals surface area contributed by atoms with Gasteiger partial charge in [0.25, 0.3) is 5.91 Å². The number of ether oxygens (including phenoxy) is 1. The Morgan fingerprint density at radius 2 is 1.83 bits per heavy atom. The van der Waals surface area contributed by atoms with E-state index in [2.05, 4.69) is 26.6 Å². The van der Waals surface area contributed by atoms with Crippen LogP contribution in [-0.2, 0) is 11.2 Å². The molecule has 0 fully saturated rings. The summed E-state index contributed by atoms with van der Waals surface area (Å²) in [6.45, 7) is 2.29. The van der Waals surface area contributed by atoms with Crippen LogP contribution < -0.4 is 15.4 Å². The molecule has 0 bridgehead atoms. The van der Waals surface area contributed by atoms with Crippen LogP contribution in [0.3, 0.4) is 0 Å². The number of nitrogens with one attached hydrogen (secondary N) is 2. The topological polar surface area (TPSA) is 80.6 Å². The van der Waals surface area contributed by atoms with E-state index >= 15 is 0 Å². The van der Waals surface area contributed by atoms with Gasteiger partial charge in [0, 0.05) is 5.69 Å². The maximum Gasteiger partial charge on any atom is 0.291 e. The van der Waals surface area contributed by atoms with Crippen molar-refractivity contribution in [3.05, 3.63) is 75.6 Å². The molecule has 2 amide bonds. The number of carbonyl (C=O) groups is 2. The third kappa shape index (κ3) is 5.62. The second-order valence-corrected chi connectivity index (χ2v) is 7.22. The van der Waals surface area contributed by atoms with Crippen LogP contribution in [0.2, 0.25) is 5.02 Å². The molecule has 29 heavy (non-hydrogen) atoms. The molecule has 3 aromatic rings. The summed E-state index contributed by atoms with van der Waals surface area (Å²) in [5.41, 5.74) is 1.92.